The third kappa shape index (κ3) is 2.03. The zero-order chi connectivity index (χ0) is 11.8. The molecule has 1 aliphatic rings. The minimum absolute atomic E-state index is 0.440. The van der Waals surface area contributed by atoms with Crippen LogP contribution in [0.15, 0.2) is 30.3 Å². The Bertz CT molecular complexity index is 394. The summed E-state index contributed by atoms with van der Waals surface area (Å²) in [6.07, 6.45) is -0.585. The molecule has 1 saturated heterocycles. The van der Waals surface area contributed by atoms with Gasteiger partial charge in [0.25, 0.3) is 5.91 Å². The highest BCUT2D eigenvalue weighted by atomic mass is 35.5. The van der Waals surface area contributed by atoms with Crippen LogP contribution >= 0.6 is 23.2 Å². The van der Waals surface area contributed by atoms with Gasteiger partial charge in [-0.3, -0.25) is 4.79 Å². The molecule has 0 unspecified atom stereocenters. The van der Waals surface area contributed by atoms with Gasteiger partial charge in [-0.1, -0.05) is 53.5 Å². The van der Waals surface area contributed by atoms with E-state index in [1.807, 2.05) is 30.3 Å². The first kappa shape index (κ1) is 11.7. The summed E-state index contributed by atoms with van der Waals surface area (Å²) < 4.78 is -1.74. The van der Waals surface area contributed by atoms with Crippen molar-refractivity contribution in [1.29, 1.82) is 0 Å². The number of amides is 1. The number of benzene rings is 1. The van der Waals surface area contributed by atoms with Crippen molar-refractivity contribution in [2.75, 3.05) is 0 Å². The smallest absolute Gasteiger partial charge is 0.259 e. The lowest BCUT2D eigenvalue weighted by Crippen LogP contribution is -2.37. The van der Waals surface area contributed by atoms with Crippen LogP contribution in [-0.2, 0) is 11.2 Å². The lowest BCUT2D eigenvalue weighted by molar-refractivity contribution is -0.120. The summed E-state index contributed by atoms with van der Waals surface area (Å²) in [4.78, 5) is 11.4. The molecular weight excluding hydrogens is 249 g/mol. The highest BCUT2D eigenvalue weighted by molar-refractivity contribution is 6.59. The fourth-order valence-corrected chi connectivity index (χ4v) is 2.17. The molecule has 1 fully saturated rings. The number of carbonyl (C=O) groups excluding carboxylic acids is 1. The van der Waals surface area contributed by atoms with Gasteiger partial charge >= 0.3 is 0 Å². The molecule has 0 bridgehead atoms. The maximum absolute atomic E-state index is 11.4. The Kier molecular flexibility index (Phi) is 3.10. The van der Waals surface area contributed by atoms with Gasteiger partial charge in [-0.05, 0) is 12.0 Å². The monoisotopic (exact) mass is 259 g/mol. The third-order valence-corrected chi connectivity index (χ3v) is 3.46. The SMILES string of the molecule is O=C1N[C@@H](Cc2ccccc2)[C@@H](O)C1(Cl)Cl. The van der Waals surface area contributed by atoms with Crippen LogP contribution in [0, 0.1) is 0 Å². The Balaban J connectivity index is 2.11. The molecule has 16 heavy (non-hydrogen) atoms. The Morgan fingerprint density at radius 2 is 1.94 bits per heavy atom. The molecule has 0 aliphatic carbocycles. The molecule has 1 amide bonds. The lowest BCUT2D eigenvalue weighted by atomic mass is 10.0. The number of alkyl halides is 2. The summed E-state index contributed by atoms with van der Waals surface area (Å²) in [7, 11) is 0. The molecular formula is C11H11Cl2NO2. The van der Waals surface area contributed by atoms with E-state index in [9.17, 15) is 9.90 Å². The van der Waals surface area contributed by atoms with Crippen LogP contribution in [-0.4, -0.2) is 27.5 Å². The zero-order valence-electron chi connectivity index (χ0n) is 8.36. The van der Waals surface area contributed by atoms with E-state index in [1.165, 1.54) is 0 Å². The summed E-state index contributed by atoms with van der Waals surface area (Å²) in [5.41, 5.74) is 1.01. The number of aliphatic hydroxyl groups is 1. The normalized spacial score (nSPS) is 27.8. The molecule has 0 saturated carbocycles. The van der Waals surface area contributed by atoms with Gasteiger partial charge in [-0.2, -0.15) is 0 Å². The zero-order valence-corrected chi connectivity index (χ0v) is 9.87. The number of hydrogen-bond donors (Lipinski definition) is 2. The van der Waals surface area contributed by atoms with E-state index in [-0.39, 0.29) is 0 Å². The minimum Gasteiger partial charge on any atom is -0.387 e. The van der Waals surface area contributed by atoms with Gasteiger partial charge in [0.05, 0.1) is 6.04 Å². The summed E-state index contributed by atoms with van der Waals surface area (Å²) in [6.45, 7) is 0. The fourth-order valence-electron chi connectivity index (χ4n) is 1.76. The van der Waals surface area contributed by atoms with Crippen LogP contribution in [0.4, 0.5) is 0 Å². The van der Waals surface area contributed by atoms with E-state index < -0.39 is 22.4 Å². The second-order valence-corrected chi connectivity index (χ2v) is 5.22. The van der Waals surface area contributed by atoms with Gasteiger partial charge in [-0.15, -0.1) is 0 Å². The number of hydrogen-bond acceptors (Lipinski definition) is 2. The number of aliphatic hydroxyl groups excluding tert-OH is 1. The number of nitrogens with one attached hydrogen (secondary N) is 1. The first-order valence-corrected chi connectivity index (χ1v) is 5.68. The fraction of sp³-hybridized carbons (Fsp3) is 0.364. The first-order valence-electron chi connectivity index (χ1n) is 4.92. The molecule has 2 N–H and O–H groups in total. The van der Waals surface area contributed by atoms with E-state index in [0.29, 0.717) is 6.42 Å². The van der Waals surface area contributed by atoms with E-state index in [4.69, 9.17) is 23.2 Å². The van der Waals surface area contributed by atoms with Crippen molar-refractivity contribution in [3.05, 3.63) is 35.9 Å². The van der Waals surface area contributed by atoms with E-state index in [1.54, 1.807) is 0 Å². The summed E-state index contributed by atoms with van der Waals surface area (Å²) in [5.74, 6) is -0.538. The molecule has 5 heteroatoms. The molecule has 0 radical (unpaired) electrons. The Morgan fingerprint density at radius 1 is 1.31 bits per heavy atom. The second-order valence-electron chi connectivity index (χ2n) is 3.84. The molecule has 2 atom stereocenters. The summed E-state index contributed by atoms with van der Waals surface area (Å²) in [5, 5.41) is 12.4. The average molecular weight is 260 g/mol. The molecule has 2 rings (SSSR count). The topological polar surface area (TPSA) is 49.3 Å². The van der Waals surface area contributed by atoms with Crippen LogP contribution < -0.4 is 5.32 Å². The predicted molar refractivity (Wildman–Crippen MR) is 62.5 cm³/mol. The highest BCUT2D eigenvalue weighted by Crippen LogP contribution is 2.33. The highest BCUT2D eigenvalue weighted by Gasteiger charge is 2.52. The van der Waals surface area contributed by atoms with E-state index >= 15 is 0 Å². The van der Waals surface area contributed by atoms with Gasteiger partial charge in [0.1, 0.15) is 6.10 Å². The summed E-state index contributed by atoms with van der Waals surface area (Å²) in [6, 6.07) is 9.09. The summed E-state index contributed by atoms with van der Waals surface area (Å²) >= 11 is 11.5. The van der Waals surface area contributed by atoms with Gasteiger partial charge in [0.15, 0.2) is 0 Å². The maximum atomic E-state index is 11.4. The van der Waals surface area contributed by atoms with Crippen LogP contribution in [0.1, 0.15) is 5.56 Å². The van der Waals surface area contributed by atoms with Crippen molar-refractivity contribution in [3.8, 4) is 0 Å². The number of rotatable bonds is 2. The van der Waals surface area contributed by atoms with Gasteiger partial charge in [0.2, 0.25) is 4.33 Å². The van der Waals surface area contributed by atoms with Crippen molar-refractivity contribution in [3.63, 3.8) is 0 Å². The molecule has 1 aromatic carbocycles. The Hall–Kier alpha value is -0.770. The van der Waals surface area contributed by atoms with Crippen LogP contribution in [0.3, 0.4) is 0 Å². The molecule has 0 spiro atoms. The van der Waals surface area contributed by atoms with Crippen molar-refractivity contribution < 1.29 is 9.90 Å². The Morgan fingerprint density at radius 3 is 2.44 bits per heavy atom. The molecule has 86 valence electrons. The first-order chi connectivity index (χ1) is 7.51. The van der Waals surface area contributed by atoms with Gasteiger partial charge < -0.3 is 10.4 Å². The largest absolute Gasteiger partial charge is 0.387 e. The quantitative estimate of drug-likeness (QED) is 0.786. The third-order valence-electron chi connectivity index (χ3n) is 2.67. The maximum Gasteiger partial charge on any atom is 0.259 e. The van der Waals surface area contributed by atoms with Gasteiger partial charge in [-0.25, -0.2) is 0 Å². The standard InChI is InChI=1S/C11H11Cl2NO2/c12-11(13)9(15)8(14-10(11)16)6-7-4-2-1-3-5-7/h1-5,8-9,15H,6H2,(H,14,16)/t8-,9+/m0/s1. The molecule has 1 aromatic rings. The molecule has 3 nitrogen and oxygen atoms in total. The molecule has 0 aromatic heterocycles. The van der Waals surface area contributed by atoms with Crippen LogP contribution in [0.25, 0.3) is 0 Å². The lowest BCUT2D eigenvalue weighted by Gasteiger charge is -2.18. The Labute approximate surface area is 103 Å². The number of carbonyl (C=O) groups is 1. The van der Waals surface area contributed by atoms with Gasteiger partial charge in [0, 0.05) is 0 Å². The second kappa shape index (κ2) is 4.24. The van der Waals surface area contributed by atoms with Crippen molar-refractivity contribution in [2.24, 2.45) is 0 Å². The minimum atomic E-state index is -1.74. The van der Waals surface area contributed by atoms with E-state index in [2.05, 4.69) is 5.32 Å². The number of halogens is 2. The average Bonchev–Trinajstić information content (AvgIpc) is 2.45. The predicted octanol–water partition coefficient (Wildman–Crippen LogP) is 1.26. The molecule has 1 heterocycles. The van der Waals surface area contributed by atoms with E-state index in [0.717, 1.165) is 5.56 Å². The van der Waals surface area contributed by atoms with Crippen molar-refractivity contribution in [2.45, 2.75) is 22.9 Å². The van der Waals surface area contributed by atoms with Crippen molar-refractivity contribution in [1.82, 2.24) is 5.32 Å². The van der Waals surface area contributed by atoms with Crippen LogP contribution in [0.2, 0.25) is 0 Å². The van der Waals surface area contributed by atoms with Crippen molar-refractivity contribution >= 4 is 29.1 Å². The van der Waals surface area contributed by atoms with Crippen LogP contribution in [0.5, 0.6) is 0 Å². The molecule has 1 aliphatic heterocycles.